The van der Waals surface area contributed by atoms with Gasteiger partial charge in [-0.25, -0.2) is 0 Å². The number of thiophene rings is 1. The molecule has 0 radical (unpaired) electrons. The molecule has 2 N–H and O–H groups in total. The van der Waals surface area contributed by atoms with E-state index in [9.17, 15) is 4.55 Å². The van der Waals surface area contributed by atoms with Crippen molar-refractivity contribution in [1.29, 1.82) is 0 Å². The number of nitrogen functional groups attached to an aromatic ring is 1. The molecule has 0 fully saturated rings. The Morgan fingerprint density at radius 3 is 2.24 bits per heavy atom. The van der Waals surface area contributed by atoms with E-state index in [1.54, 1.807) is 0 Å². The van der Waals surface area contributed by atoms with E-state index in [-0.39, 0.29) is 0 Å². The van der Waals surface area contributed by atoms with Crippen LogP contribution in [0.3, 0.4) is 0 Å². The minimum Gasteiger partial charge on any atom is -0.590 e. The van der Waals surface area contributed by atoms with Gasteiger partial charge < -0.3 is 10.3 Å². The molecule has 1 heterocycles. The van der Waals surface area contributed by atoms with Crippen LogP contribution in [-0.4, -0.2) is 4.55 Å². The van der Waals surface area contributed by atoms with Gasteiger partial charge in [0.2, 0.25) is 4.88 Å². The third kappa shape index (κ3) is 1.52. The molecule has 0 aliphatic carbocycles. The Morgan fingerprint density at radius 1 is 0.882 bits per heavy atom. The van der Waals surface area contributed by atoms with Gasteiger partial charge in [-0.2, -0.15) is 0 Å². The Labute approximate surface area is 102 Å². The summed E-state index contributed by atoms with van der Waals surface area (Å²) in [5, 5.41) is 0.893. The predicted octanol–water partition coefficient (Wildman–Crippen LogP) is 3.82. The summed E-state index contributed by atoms with van der Waals surface area (Å²) in [5.41, 5.74) is 7.66. The molecule has 0 aliphatic heterocycles. The highest BCUT2D eigenvalue weighted by Crippen LogP contribution is 2.46. The molecule has 1 aromatic heterocycles. The number of hydrogen-bond acceptors (Lipinski definition) is 2. The molecule has 1 unspecified atom stereocenters. The minimum atomic E-state index is -1.16. The number of benzene rings is 2. The van der Waals surface area contributed by atoms with Gasteiger partial charge in [-0.05, 0) is 35.0 Å². The lowest BCUT2D eigenvalue weighted by Gasteiger charge is -1.98. The minimum absolute atomic E-state index is 0.630. The van der Waals surface area contributed by atoms with Crippen molar-refractivity contribution < 1.29 is 4.55 Å². The average molecular weight is 241 g/mol. The van der Waals surface area contributed by atoms with Crippen LogP contribution in [0.4, 0.5) is 5.69 Å². The lowest BCUT2D eigenvalue weighted by Crippen LogP contribution is -1.85. The van der Waals surface area contributed by atoms with Crippen LogP contribution in [0.1, 0.15) is 0 Å². The van der Waals surface area contributed by atoms with Crippen LogP contribution >= 0.6 is 10.8 Å². The normalized spacial score (nSPS) is 11.9. The van der Waals surface area contributed by atoms with Crippen molar-refractivity contribution in [3.63, 3.8) is 0 Å². The first-order valence-electron chi connectivity index (χ1n) is 5.35. The maximum absolute atomic E-state index is 12.4. The van der Waals surface area contributed by atoms with E-state index in [2.05, 4.69) is 0 Å². The van der Waals surface area contributed by atoms with Crippen LogP contribution < -0.4 is 5.73 Å². The van der Waals surface area contributed by atoms with Crippen molar-refractivity contribution in [3.05, 3.63) is 54.6 Å². The molecule has 3 aromatic rings. The van der Waals surface area contributed by atoms with Crippen LogP contribution in [0.5, 0.6) is 0 Å². The Hall–Kier alpha value is -1.84. The molecule has 1 atom stereocenters. The predicted molar refractivity (Wildman–Crippen MR) is 72.5 cm³/mol. The summed E-state index contributed by atoms with van der Waals surface area (Å²) < 4.78 is 13.2. The van der Waals surface area contributed by atoms with Gasteiger partial charge in [0, 0.05) is 5.56 Å². The Kier molecular flexibility index (Phi) is 2.35. The summed E-state index contributed by atoms with van der Waals surface area (Å²) >= 11 is 0. The van der Waals surface area contributed by atoms with Gasteiger partial charge in [0.25, 0.3) is 0 Å². The van der Waals surface area contributed by atoms with Crippen molar-refractivity contribution in [2.75, 3.05) is 5.73 Å². The quantitative estimate of drug-likeness (QED) is 0.658. The second-order valence-electron chi connectivity index (χ2n) is 3.87. The Morgan fingerprint density at radius 2 is 1.53 bits per heavy atom. The molecule has 0 amide bonds. The fraction of sp³-hybridized carbons (Fsp3) is 0. The fourth-order valence-corrected chi connectivity index (χ4v) is 3.49. The molecule has 2 nitrogen and oxygen atoms in total. The number of fused-ring (bicyclic) bond motifs is 1. The molecule has 84 valence electrons. The molecule has 3 rings (SSSR count). The SMILES string of the molecule is Nc1c(-c2ccccc2)[s+]([O-])c2ccccc12. The first kappa shape index (κ1) is 10.3. The Bertz CT molecular complexity index is 634. The fourth-order valence-electron chi connectivity index (χ4n) is 2.04. The van der Waals surface area contributed by atoms with E-state index in [4.69, 9.17) is 5.73 Å². The lowest BCUT2D eigenvalue weighted by molar-refractivity contribution is 0.600. The highest BCUT2D eigenvalue weighted by atomic mass is 32.2. The van der Waals surface area contributed by atoms with E-state index in [1.807, 2.05) is 54.6 Å². The zero-order valence-electron chi connectivity index (χ0n) is 9.09. The summed E-state index contributed by atoms with van der Waals surface area (Å²) in [4.78, 5) is 0.729. The van der Waals surface area contributed by atoms with E-state index in [0.29, 0.717) is 5.69 Å². The van der Waals surface area contributed by atoms with Crippen LogP contribution in [-0.2, 0) is 0 Å². The molecule has 0 saturated carbocycles. The average Bonchev–Trinajstić information content (AvgIpc) is 2.64. The number of hydrogen-bond donors (Lipinski definition) is 1. The second-order valence-corrected chi connectivity index (χ2v) is 5.26. The maximum Gasteiger partial charge on any atom is 0.203 e. The van der Waals surface area contributed by atoms with E-state index >= 15 is 0 Å². The van der Waals surface area contributed by atoms with Gasteiger partial charge in [0.1, 0.15) is 5.69 Å². The van der Waals surface area contributed by atoms with Crippen molar-refractivity contribution in [2.24, 2.45) is 0 Å². The summed E-state index contributed by atoms with van der Waals surface area (Å²) in [7, 11) is -1.16. The van der Waals surface area contributed by atoms with Gasteiger partial charge in [0.15, 0.2) is 4.70 Å². The second kappa shape index (κ2) is 3.87. The number of nitrogens with two attached hydrogens (primary N) is 1. The zero-order valence-corrected chi connectivity index (χ0v) is 9.91. The standard InChI is InChI=1S/C14H11NOS/c15-13-11-8-4-5-9-12(11)17(16)14(13)10-6-2-1-3-7-10/h1-9H,15H2. The highest BCUT2D eigenvalue weighted by Gasteiger charge is 2.21. The third-order valence-corrected chi connectivity index (χ3v) is 4.42. The van der Waals surface area contributed by atoms with Crippen LogP contribution in [0, 0.1) is 0 Å². The highest BCUT2D eigenvalue weighted by molar-refractivity contribution is 7.35. The summed E-state index contributed by atoms with van der Waals surface area (Å²) in [6.45, 7) is 0. The smallest absolute Gasteiger partial charge is 0.203 e. The first-order chi connectivity index (χ1) is 8.29. The molecule has 0 bridgehead atoms. The molecule has 17 heavy (non-hydrogen) atoms. The lowest BCUT2D eigenvalue weighted by atomic mass is 10.1. The van der Waals surface area contributed by atoms with E-state index in [0.717, 1.165) is 20.5 Å². The number of rotatable bonds is 1. The first-order valence-corrected chi connectivity index (χ1v) is 6.50. The molecule has 0 saturated heterocycles. The van der Waals surface area contributed by atoms with Crippen molar-refractivity contribution >= 4 is 26.5 Å². The summed E-state index contributed by atoms with van der Waals surface area (Å²) in [6, 6.07) is 17.2. The van der Waals surface area contributed by atoms with Gasteiger partial charge in [-0.15, -0.1) is 0 Å². The van der Waals surface area contributed by atoms with E-state index in [1.165, 1.54) is 0 Å². The van der Waals surface area contributed by atoms with Gasteiger partial charge in [-0.1, -0.05) is 30.3 Å². The van der Waals surface area contributed by atoms with E-state index < -0.39 is 10.8 Å². The van der Waals surface area contributed by atoms with Crippen molar-refractivity contribution in [3.8, 4) is 10.4 Å². The molecule has 2 aromatic carbocycles. The molecule has 0 aliphatic rings. The van der Waals surface area contributed by atoms with Crippen LogP contribution in [0.25, 0.3) is 20.5 Å². The monoisotopic (exact) mass is 241 g/mol. The van der Waals surface area contributed by atoms with Gasteiger partial charge in [0.05, 0.1) is 5.39 Å². The third-order valence-electron chi connectivity index (χ3n) is 2.84. The van der Waals surface area contributed by atoms with Crippen molar-refractivity contribution in [1.82, 2.24) is 0 Å². The molecular weight excluding hydrogens is 230 g/mol. The molecule has 0 spiro atoms. The largest absolute Gasteiger partial charge is 0.590 e. The summed E-state index contributed by atoms with van der Waals surface area (Å²) in [5.74, 6) is 0. The number of anilines is 1. The van der Waals surface area contributed by atoms with Crippen molar-refractivity contribution in [2.45, 2.75) is 0 Å². The van der Waals surface area contributed by atoms with Crippen LogP contribution in [0.2, 0.25) is 0 Å². The van der Waals surface area contributed by atoms with Gasteiger partial charge >= 0.3 is 0 Å². The van der Waals surface area contributed by atoms with Gasteiger partial charge in [-0.3, -0.25) is 0 Å². The topological polar surface area (TPSA) is 49.1 Å². The van der Waals surface area contributed by atoms with Crippen LogP contribution in [0.15, 0.2) is 54.6 Å². The Balaban J connectivity index is 2.38. The maximum atomic E-state index is 12.4. The zero-order chi connectivity index (χ0) is 11.8. The summed E-state index contributed by atoms with van der Waals surface area (Å²) in [6.07, 6.45) is 0. The molecule has 3 heteroatoms. The molecular formula is C14H11NOS.